The third kappa shape index (κ3) is 4.14. The third-order valence-electron chi connectivity index (χ3n) is 3.06. The lowest BCUT2D eigenvalue weighted by Gasteiger charge is -2.19. The van der Waals surface area contributed by atoms with Crippen molar-refractivity contribution in [3.8, 4) is 0 Å². The normalized spacial score (nSPS) is 13.5. The lowest BCUT2D eigenvalue weighted by atomic mass is 9.95. The van der Waals surface area contributed by atoms with Crippen molar-refractivity contribution in [2.45, 2.75) is 13.0 Å². The second kappa shape index (κ2) is 6.85. The van der Waals surface area contributed by atoms with Gasteiger partial charge in [-0.25, -0.2) is 9.97 Å². The molecule has 1 aromatic heterocycles. The minimum Gasteiger partial charge on any atom is -0.323 e. The molecule has 2 atom stereocenters. The Morgan fingerprint density at radius 1 is 1.24 bits per heavy atom. The van der Waals surface area contributed by atoms with E-state index >= 15 is 0 Å². The van der Waals surface area contributed by atoms with Crippen LogP contribution in [0.15, 0.2) is 36.4 Å². The average molecular weight is 325 g/mol. The van der Waals surface area contributed by atoms with Crippen molar-refractivity contribution in [2.75, 3.05) is 5.32 Å². The Kier molecular flexibility index (Phi) is 5.12. The molecule has 3 N–H and O–H groups in total. The Labute approximate surface area is 132 Å². The number of carbonyl (C=O) groups is 1. The Balaban J connectivity index is 2.09. The van der Waals surface area contributed by atoms with Gasteiger partial charge >= 0.3 is 0 Å². The van der Waals surface area contributed by atoms with Gasteiger partial charge in [0.1, 0.15) is 11.0 Å². The van der Waals surface area contributed by atoms with E-state index in [4.69, 9.17) is 28.9 Å². The molecule has 0 bridgehead atoms. The van der Waals surface area contributed by atoms with Crippen LogP contribution in [0.2, 0.25) is 10.4 Å². The van der Waals surface area contributed by atoms with Gasteiger partial charge in [-0.05, 0) is 17.2 Å². The summed E-state index contributed by atoms with van der Waals surface area (Å²) in [5.41, 5.74) is 7.00. The molecule has 0 spiro atoms. The van der Waals surface area contributed by atoms with Crippen molar-refractivity contribution in [1.82, 2.24) is 9.97 Å². The lowest BCUT2D eigenvalue weighted by Crippen LogP contribution is -2.30. The number of rotatable bonds is 4. The van der Waals surface area contributed by atoms with Crippen LogP contribution < -0.4 is 11.1 Å². The third-order valence-corrected chi connectivity index (χ3v) is 3.42. The largest absolute Gasteiger partial charge is 0.323 e. The van der Waals surface area contributed by atoms with E-state index < -0.39 is 12.0 Å². The first-order valence-corrected chi connectivity index (χ1v) is 7.04. The number of halogens is 2. The maximum Gasteiger partial charge on any atom is 0.230 e. The quantitative estimate of drug-likeness (QED) is 0.669. The van der Waals surface area contributed by atoms with Crippen molar-refractivity contribution in [3.05, 3.63) is 52.4 Å². The summed E-state index contributed by atoms with van der Waals surface area (Å²) in [5.74, 6) is -0.464. The predicted molar refractivity (Wildman–Crippen MR) is 83.2 cm³/mol. The molecule has 0 saturated heterocycles. The van der Waals surface area contributed by atoms with Crippen LogP contribution in [-0.4, -0.2) is 15.9 Å². The van der Waals surface area contributed by atoms with Gasteiger partial charge in [0.25, 0.3) is 0 Å². The summed E-state index contributed by atoms with van der Waals surface area (Å²) in [6.45, 7) is 1.75. The predicted octanol–water partition coefficient (Wildman–Crippen LogP) is 3.06. The molecule has 0 aliphatic heterocycles. The van der Waals surface area contributed by atoms with Gasteiger partial charge in [-0.1, -0.05) is 48.9 Å². The number of nitrogens with one attached hydrogen (secondary N) is 1. The minimum absolute atomic E-state index is 0.0298. The number of anilines is 1. The molecule has 0 radical (unpaired) electrons. The van der Waals surface area contributed by atoms with Gasteiger partial charge < -0.3 is 11.1 Å². The molecule has 1 aromatic carbocycles. The number of hydrogen-bond donors (Lipinski definition) is 2. The van der Waals surface area contributed by atoms with Gasteiger partial charge in [-0.3, -0.25) is 4.79 Å². The summed E-state index contributed by atoms with van der Waals surface area (Å²) in [4.78, 5) is 19.8. The number of aromatic nitrogens is 2. The molecule has 2 rings (SSSR count). The minimum atomic E-state index is -0.445. The van der Waals surface area contributed by atoms with Crippen molar-refractivity contribution in [2.24, 2.45) is 11.7 Å². The molecule has 21 heavy (non-hydrogen) atoms. The zero-order chi connectivity index (χ0) is 15.4. The molecule has 5 nitrogen and oxygen atoms in total. The number of nitrogens with zero attached hydrogens (tertiary/aromatic N) is 2. The molecule has 1 amide bonds. The summed E-state index contributed by atoms with van der Waals surface area (Å²) in [7, 11) is 0. The van der Waals surface area contributed by atoms with Gasteiger partial charge in [0.2, 0.25) is 11.2 Å². The summed E-state index contributed by atoms with van der Waals surface area (Å²) in [6, 6.07) is 10.4. The van der Waals surface area contributed by atoms with Crippen molar-refractivity contribution < 1.29 is 4.79 Å². The van der Waals surface area contributed by atoms with Crippen molar-refractivity contribution >= 4 is 34.9 Å². The molecule has 7 heteroatoms. The highest BCUT2D eigenvalue weighted by Crippen LogP contribution is 2.21. The first-order valence-electron chi connectivity index (χ1n) is 6.29. The molecule has 110 valence electrons. The van der Waals surface area contributed by atoms with Crippen LogP contribution in [0.5, 0.6) is 0 Å². The Morgan fingerprint density at radius 3 is 2.52 bits per heavy atom. The molecule has 1 heterocycles. The van der Waals surface area contributed by atoms with E-state index in [9.17, 15) is 4.79 Å². The second-order valence-corrected chi connectivity index (χ2v) is 5.28. The number of benzene rings is 1. The zero-order valence-electron chi connectivity index (χ0n) is 11.3. The molecular formula is C14H14Cl2N4O. The summed E-state index contributed by atoms with van der Waals surface area (Å²) in [6.07, 6.45) is 0. The monoisotopic (exact) mass is 324 g/mol. The molecule has 0 fully saturated rings. The van der Waals surface area contributed by atoms with Crippen LogP contribution in [0.25, 0.3) is 0 Å². The van der Waals surface area contributed by atoms with E-state index in [1.54, 1.807) is 6.92 Å². The fourth-order valence-corrected chi connectivity index (χ4v) is 2.23. The number of nitrogens with two attached hydrogens (primary N) is 1. The second-order valence-electron chi connectivity index (χ2n) is 4.56. The van der Waals surface area contributed by atoms with Crippen LogP contribution in [0.1, 0.15) is 18.5 Å². The van der Waals surface area contributed by atoms with Crippen molar-refractivity contribution in [1.29, 1.82) is 0 Å². The van der Waals surface area contributed by atoms with Crippen LogP contribution in [0, 0.1) is 5.92 Å². The van der Waals surface area contributed by atoms with E-state index in [2.05, 4.69) is 15.3 Å². The summed E-state index contributed by atoms with van der Waals surface area (Å²) < 4.78 is 0. The van der Waals surface area contributed by atoms with Crippen LogP contribution in [-0.2, 0) is 4.79 Å². The first-order chi connectivity index (χ1) is 9.97. The summed E-state index contributed by atoms with van der Waals surface area (Å²) >= 11 is 11.4. The molecular weight excluding hydrogens is 311 g/mol. The maximum atomic E-state index is 12.2. The average Bonchev–Trinajstić information content (AvgIpc) is 2.45. The fraction of sp³-hybridized carbons (Fsp3) is 0.214. The van der Waals surface area contributed by atoms with E-state index in [1.165, 1.54) is 6.07 Å². The zero-order valence-corrected chi connectivity index (χ0v) is 12.8. The van der Waals surface area contributed by atoms with E-state index in [-0.39, 0.29) is 22.2 Å². The standard InChI is InChI=1S/C14H14Cl2N4O/c1-8(12(17)9-5-3-2-4-6-9)13(21)19-11-7-10(15)18-14(16)20-11/h2-8,12H,17H2,1H3,(H,18,19,20,21). The highest BCUT2D eigenvalue weighted by molar-refractivity contribution is 6.32. The van der Waals surface area contributed by atoms with Crippen LogP contribution >= 0.6 is 23.2 Å². The highest BCUT2D eigenvalue weighted by atomic mass is 35.5. The van der Waals surface area contributed by atoms with Gasteiger partial charge in [-0.15, -0.1) is 0 Å². The number of hydrogen-bond acceptors (Lipinski definition) is 4. The molecule has 0 aliphatic carbocycles. The highest BCUT2D eigenvalue weighted by Gasteiger charge is 2.22. The van der Waals surface area contributed by atoms with Crippen molar-refractivity contribution in [3.63, 3.8) is 0 Å². The SMILES string of the molecule is CC(C(=O)Nc1cc(Cl)nc(Cl)n1)C(N)c1ccccc1. The van der Waals surface area contributed by atoms with E-state index in [0.29, 0.717) is 0 Å². The lowest BCUT2D eigenvalue weighted by molar-refractivity contribution is -0.120. The smallest absolute Gasteiger partial charge is 0.230 e. The van der Waals surface area contributed by atoms with Gasteiger partial charge in [-0.2, -0.15) is 0 Å². The van der Waals surface area contributed by atoms with E-state index in [1.807, 2.05) is 30.3 Å². The molecule has 2 unspecified atom stereocenters. The van der Waals surface area contributed by atoms with Gasteiger partial charge in [0, 0.05) is 12.1 Å². The number of amides is 1. The number of carbonyl (C=O) groups excluding carboxylic acids is 1. The fourth-order valence-electron chi connectivity index (χ4n) is 1.82. The topological polar surface area (TPSA) is 80.9 Å². The Morgan fingerprint density at radius 2 is 1.90 bits per heavy atom. The molecule has 2 aromatic rings. The summed E-state index contributed by atoms with van der Waals surface area (Å²) in [5, 5.41) is 2.76. The Bertz CT molecular complexity index is 616. The van der Waals surface area contributed by atoms with Gasteiger partial charge in [0.05, 0.1) is 5.92 Å². The van der Waals surface area contributed by atoms with Crippen LogP contribution in [0.3, 0.4) is 0 Å². The van der Waals surface area contributed by atoms with E-state index in [0.717, 1.165) is 5.56 Å². The first kappa shape index (κ1) is 15.7. The molecule has 0 aliphatic rings. The molecule has 0 saturated carbocycles. The maximum absolute atomic E-state index is 12.2. The van der Waals surface area contributed by atoms with Crippen LogP contribution in [0.4, 0.5) is 5.82 Å². The Hall–Kier alpha value is -1.69. The van der Waals surface area contributed by atoms with Gasteiger partial charge in [0.15, 0.2) is 0 Å².